The topological polar surface area (TPSA) is 70.6 Å². The fourth-order valence-corrected chi connectivity index (χ4v) is 3.03. The number of aliphatic hydroxyl groups is 1. The van der Waals surface area contributed by atoms with Crippen LogP contribution in [0.15, 0.2) is 0 Å². The standard InChI is InChI=1S/C16H32N2O3/c1-16(2,13-7-5-4-6-8-13)12-18-15(20)17-10-9-14(19)11-21-3/h13-14,19H,4-12H2,1-3H3,(H2,17,18,20). The quantitative estimate of drug-likeness (QED) is 0.644. The lowest BCUT2D eigenvalue weighted by Crippen LogP contribution is -2.44. The Kier molecular flexibility index (Phi) is 8.04. The van der Waals surface area contributed by atoms with Gasteiger partial charge in [-0.05, 0) is 30.6 Å². The molecule has 124 valence electrons. The molecule has 0 spiro atoms. The third kappa shape index (κ3) is 7.14. The number of methoxy groups -OCH3 is 1. The van der Waals surface area contributed by atoms with Crippen LogP contribution in [0.2, 0.25) is 0 Å². The lowest BCUT2D eigenvalue weighted by Gasteiger charge is -2.37. The van der Waals surface area contributed by atoms with E-state index < -0.39 is 6.10 Å². The Hall–Kier alpha value is -0.810. The SMILES string of the molecule is COCC(O)CCNC(=O)NCC(C)(C)C1CCCCC1. The summed E-state index contributed by atoms with van der Waals surface area (Å²) in [4.78, 5) is 11.8. The fourth-order valence-electron chi connectivity index (χ4n) is 3.03. The summed E-state index contributed by atoms with van der Waals surface area (Å²) in [6, 6.07) is -0.150. The van der Waals surface area contributed by atoms with Crippen LogP contribution in [0, 0.1) is 11.3 Å². The predicted octanol–water partition coefficient (Wildman–Crippen LogP) is 2.29. The minimum absolute atomic E-state index is 0.146. The first kappa shape index (κ1) is 18.2. The van der Waals surface area contributed by atoms with Crippen molar-refractivity contribution in [3.63, 3.8) is 0 Å². The van der Waals surface area contributed by atoms with Crippen LogP contribution in [-0.2, 0) is 4.74 Å². The van der Waals surface area contributed by atoms with Crippen molar-refractivity contribution in [1.29, 1.82) is 0 Å². The zero-order valence-corrected chi connectivity index (χ0v) is 13.8. The van der Waals surface area contributed by atoms with Gasteiger partial charge in [0.15, 0.2) is 0 Å². The van der Waals surface area contributed by atoms with Gasteiger partial charge in [0, 0.05) is 20.2 Å². The zero-order valence-electron chi connectivity index (χ0n) is 13.8. The Labute approximate surface area is 128 Å². The van der Waals surface area contributed by atoms with Crippen molar-refractivity contribution in [1.82, 2.24) is 10.6 Å². The molecule has 1 aliphatic rings. The van der Waals surface area contributed by atoms with Crippen LogP contribution in [0.25, 0.3) is 0 Å². The number of ether oxygens (including phenoxy) is 1. The molecule has 21 heavy (non-hydrogen) atoms. The van der Waals surface area contributed by atoms with Crippen molar-refractivity contribution in [3.8, 4) is 0 Å². The van der Waals surface area contributed by atoms with Crippen LogP contribution in [0.5, 0.6) is 0 Å². The summed E-state index contributed by atoms with van der Waals surface area (Å²) in [7, 11) is 1.55. The van der Waals surface area contributed by atoms with E-state index in [1.807, 2.05) is 0 Å². The normalized spacial score (nSPS) is 18.3. The van der Waals surface area contributed by atoms with Crippen LogP contribution in [0.3, 0.4) is 0 Å². The molecule has 0 bridgehead atoms. The average molecular weight is 300 g/mol. The smallest absolute Gasteiger partial charge is 0.314 e. The van der Waals surface area contributed by atoms with E-state index >= 15 is 0 Å². The molecule has 0 saturated heterocycles. The maximum absolute atomic E-state index is 11.8. The lowest BCUT2D eigenvalue weighted by molar-refractivity contribution is 0.0598. The summed E-state index contributed by atoms with van der Waals surface area (Å²) in [5.41, 5.74) is 0.146. The third-order valence-electron chi connectivity index (χ3n) is 4.54. The van der Waals surface area contributed by atoms with Gasteiger partial charge >= 0.3 is 6.03 Å². The second-order valence-corrected chi connectivity index (χ2v) is 6.83. The molecule has 5 nitrogen and oxygen atoms in total. The number of carbonyl (C=O) groups excluding carboxylic acids is 1. The van der Waals surface area contributed by atoms with E-state index in [0.29, 0.717) is 32.0 Å². The van der Waals surface area contributed by atoms with Gasteiger partial charge in [-0.3, -0.25) is 0 Å². The second-order valence-electron chi connectivity index (χ2n) is 6.83. The fraction of sp³-hybridized carbons (Fsp3) is 0.938. The molecule has 0 radical (unpaired) electrons. The molecule has 0 aromatic rings. The number of rotatable bonds is 8. The van der Waals surface area contributed by atoms with Gasteiger partial charge in [-0.15, -0.1) is 0 Å². The van der Waals surface area contributed by atoms with Crippen molar-refractivity contribution in [2.45, 2.75) is 58.5 Å². The highest BCUT2D eigenvalue weighted by atomic mass is 16.5. The van der Waals surface area contributed by atoms with Gasteiger partial charge in [0.05, 0.1) is 12.7 Å². The maximum atomic E-state index is 11.8. The highest BCUT2D eigenvalue weighted by Gasteiger charge is 2.30. The number of hydrogen-bond acceptors (Lipinski definition) is 3. The van der Waals surface area contributed by atoms with Crippen molar-refractivity contribution in [2.24, 2.45) is 11.3 Å². The highest BCUT2D eigenvalue weighted by Crippen LogP contribution is 2.37. The van der Waals surface area contributed by atoms with Crippen molar-refractivity contribution in [2.75, 3.05) is 26.8 Å². The minimum Gasteiger partial charge on any atom is -0.391 e. The van der Waals surface area contributed by atoms with Gasteiger partial charge in [0.1, 0.15) is 0 Å². The molecule has 1 atom stereocenters. The Balaban J connectivity index is 2.19. The molecule has 0 aromatic carbocycles. The van der Waals surface area contributed by atoms with Crippen molar-refractivity contribution < 1.29 is 14.6 Å². The van der Waals surface area contributed by atoms with E-state index in [4.69, 9.17) is 4.74 Å². The first-order valence-electron chi connectivity index (χ1n) is 8.14. The minimum atomic E-state index is -0.519. The Bertz CT molecular complexity index is 302. The van der Waals surface area contributed by atoms with E-state index in [2.05, 4.69) is 24.5 Å². The molecule has 1 rings (SSSR count). The largest absolute Gasteiger partial charge is 0.391 e. The Morgan fingerprint density at radius 2 is 1.95 bits per heavy atom. The first-order valence-corrected chi connectivity index (χ1v) is 8.14. The van der Waals surface area contributed by atoms with E-state index in [0.717, 1.165) is 0 Å². The van der Waals surface area contributed by atoms with Gasteiger partial charge in [0.25, 0.3) is 0 Å². The van der Waals surface area contributed by atoms with Gasteiger partial charge < -0.3 is 20.5 Å². The number of nitrogens with one attached hydrogen (secondary N) is 2. The van der Waals surface area contributed by atoms with E-state index in [9.17, 15) is 9.90 Å². The molecule has 1 aliphatic carbocycles. The molecule has 1 unspecified atom stereocenters. The molecule has 0 heterocycles. The molecule has 1 saturated carbocycles. The first-order chi connectivity index (χ1) is 9.95. The predicted molar refractivity (Wildman–Crippen MR) is 84.3 cm³/mol. The van der Waals surface area contributed by atoms with Crippen molar-refractivity contribution >= 4 is 6.03 Å². The van der Waals surface area contributed by atoms with E-state index in [-0.39, 0.29) is 11.4 Å². The Morgan fingerprint density at radius 1 is 1.29 bits per heavy atom. The molecule has 2 amide bonds. The maximum Gasteiger partial charge on any atom is 0.314 e. The van der Waals surface area contributed by atoms with Crippen LogP contribution >= 0.6 is 0 Å². The van der Waals surface area contributed by atoms with Crippen molar-refractivity contribution in [3.05, 3.63) is 0 Å². The molecule has 5 heteroatoms. The van der Waals surface area contributed by atoms with E-state index in [1.165, 1.54) is 32.1 Å². The monoisotopic (exact) mass is 300 g/mol. The summed E-state index contributed by atoms with van der Waals surface area (Å²) in [6.45, 7) is 5.94. The molecular weight excluding hydrogens is 268 g/mol. The van der Waals surface area contributed by atoms with Gasteiger partial charge in [-0.2, -0.15) is 0 Å². The molecule has 1 fully saturated rings. The second kappa shape index (κ2) is 9.26. The van der Waals surface area contributed by atoms with Gasteiger partial charge in [0.2, 0.25) is 0 Å². The molecule has 3 N–H and O–H groups in total. The third-order valence-corrected chi connectivity index (χ3v) is 4.54. The number of carbonyl (C=O) groups is 1. The lowest BCUT2D eigenvalue weighted by atomic mass is 9.71. The van der Waals surface area contributed by atoms with Crippen LogP contribution in [0.1, 0.15) is 52.4 Å². The number of hydrogen-bond donors (Lipinski definition) is 3. The van der Waals surface area contributed by atoms with Crippen LogP contribution < -0.4 is 10.6 Å². The van der Waals surface area contributed by atoms with Gasteiger partial charge in [-0.25, -0.2) is 4.79 Å². The number of aliphatic hydroxyl groups excluding tert-OH is 1. The number of urea groups is 1. The highest BCUT2D eigenvalue weighted by molar-refractivity contribution is 5.73. The zero-order chi connectivity index (χ0) is 15.7. The molecule has 0 aliphatic heterocycles. The van der Waals surface area contributed by atoms with Crippen LogP contribution in [-0.4, -0.2) is 44.0 Å². The van der Waals surface area contributed by atoms with Crippen LogP contribution in [0.4, 0.5) is 4.79 Å². The number of amides is 2. The van der Waals surface area contributed by atoms with Gasteiger partial charge in [-0.1, -0.05) is 33.1 Å². The summed E-state index contributed by atoms with van der Waals surface area (Å²) >= 11 is 0. The molecule has 0 aromatic heterocycles. The molecular formula is C16H32N2O3. The summed E-state index contributed by atoms with van der Waals surface area (Å²) in [6.07, 6.45) is 6.53. The summed E-state index contributed by atoms with van der Waals surface area (Å²) in [5, 5.41) is 15.2. The average Bonchev–Trinajstić information content (AvgIpc) is 2.46. The summed E-state index contributed by atoms with van der Waals surface area (Å²) < 4.78 is 4.84. The summed E-state index contributed by atoms with van der Waals surface area (Å²) in [5.74, 6) is 0.704. The van der Waals surface area contributed by atoms with E-state index in [1.54, 1.807) is 7.11 Å². The Morgan fingerprint density at radius 3 is 2.57 bits per heavy atom.